The van der Waals surface area contributed by atoms with E-state index < -0.39 is 17.2 Å². The summed E-state index contributed by atoms with van der Waals surface area (Å²) in [6, 6.07) is 11.8. The average Bonchev–Trinajstić information content (AvgIpc) is 2.64. The molecule has 0 unspecified atom stereocenters. The normalized spacial score (nSPS) is 11.2. The fourth-order valence-corrected chi connectivity index (χ4v) is 2.63. The second-order valence-electron chi connectivity index (χ2n) is 5.59. The van der Waals surface area contributed by atoms with E-state index in [2.05, 4.69) is 10.5 Å². The zero-order chi connectivity index (χ0) is 18.7. The quantitative estimate of drug-likeness (QED) is 0.544. The van der Waals surface area contributed by atoms with Crippen molar-refractivity contribution in [2.45, 2.75) is 13.5 Å². The van der Waals surface area contributed by atoms with Gasteiger partial charge in [-0.2, -0.15) is 5.10 Å². The van der Waals surface area contributed by atoms with Gasteiger partial charge < -0.3 is 9.67 Å². The number of rotatable bonds is 5. The largest absolute Gasteiger partial charge is 0.477 e. The van der Waals surface area contributed by atoms with Gasteiger partial charge in [-0.1, -0.05) is 30.3 Å². The average molecular weight is 353 g/mol. The van der Waals surface area contributed by atoms with Crippen LogP contribution in [0.2, 0.25) is 0 Å². The Morgan fingerprint density at radius 3 is 2.69 bits per heavy atom. The summed E-state index contributed by atoms with van der Waals surface area (Å²) in [7, 11) is 0. The van der Waals surface area contributed by atoms with Crippen molar-refractivity contribution in [3.05, 3.63) is 75.8 Å². The summed E-state index contributed by atoms with van der Waals surface area (Å²) in [5, 5.41) is 13.2. The molecule has 2 aromatic carbocycles. The first-order valence-electron chi connectivity index (χ1n) is 7.95. The van der Waals surface area contributed by atoms with Gasteiger partial charge in [0, 0.05) is 18.1 Å². The Balaban J connectivity index is 2.04. The summed E-state index contributed by atoms with van der Waals surface area (Å²) in [6.45, 7) is 2.23. The van der Waals surface area contributed by atoms with Crippen molar-refractivity contribution in [3.8, 4) is 0 Å². The van der Waals surface area contributed by atoms with Crippen molar-refractivity contribution in [2.75, 3.05) is 5.43 Å². The molecule has 3 aromatic rings. The lowest BCUT2D eigenvalue weighted by atomic mass is 10.1. The predicted octanol–water partition coefficient (Wildman–Crippen LogP) is 3.30. The van der Waals surface area contributed by atoms with Gasteiger partial charge in [0.2, 0.25) is 5.43 Å². The summed E-state index contributed by atoms with van der Waals surface area (Å²) in [5.41, 5.74) is 2.89. The third-order valence-corrected chi connectivity index (χ3v) is 3.94. The number of pyridine rings is 1. The molecule has 0 amide bonds. The number of halogens is 1. The molecule has 0 atom stereocenters. The van der Waals surface area contributed by atoms with E-state index in [-0.39, 0.29) is 16.6 Å². The second-order valence-corrected chi connectivity index (χ2v) is 5.59. The van der Waals surface area contributed by atoms with Crippen LogP contribution in [-0.4, -0.2) is 21.9 Å². The number of carboxylic acids is 1. The minimum Gasteiger partial charge on any atom is -0.477 e. The lowest BCUT2D eigenvalue weighted by Gasteiger charge is -2.12. The van der Waals surface area contributed by atoms with Crippen molar-refractivity contribution in [1.82, 2.24) is 4.57 Å². The zero-order valence-corrected chi connectivity index (χ0v) is 13.9. The Labute approximate surface area is 148 Å². The molecule has 3 rings (SSSR count). The van der Waals surface area contributed by atoms with Gasteiger partial charge in [0.1, 0.15) is 11.4 Å². The van der Waals surface area contributed by atoms with Crippen LogP contribution in [0.15, 0.2) is 58.6 Å². The Morgan fingerprint density at radius 2 is 2.04 bits per heavy atom. The predicted molar refractivity (Wildman–Crippen MR) is 98.5 cm³/mol. The van der Waals surface area contributed by atoms with Crippen LogP contribution in [0.25, 0.3) is 10.9 Å². The molecule has 26 heavy (non-hydrogen) atoms. The number of anilines is 1. The van der Waals surface area contributed by atoms with Crippen LogP contribution in [0.5, 0.6) is 0 Å². The number of carbonyl (C=O) groups is 1. The van der Waals surface area contributed by atoms with Crippen molar-refractivity contribution >= 4 is 28.8 Å². The summed E-state index contributed by atoms with van der Waals surface area (Å²) < 4.78 is 16.0. The highest BCUT2D eigenvalue weighted by molar-refractivity contribution is 5.93. The van der Waals surface area contributed by atoms with E-state index in [4.69, 9.17) is 5.11 Å². The molecule has 0 aliphatic heterocycles. The first-order chi connectivity index (χ1) is 12.5. The number of fused-ring (bicyclic) bond motifs is 1. The minimum absolute atomic E-state index is 0.0156. The third-order valence-electron chi connectivity index (χ3n) is 3.94. The van der Waals surface area contributed by atoms with Crippen molar-refractivity contribution in [3.63, 3.8) is 0 Å². The Hall–Kier alpha value is -3.48. The number of aryl methyl sites for hydroxylation is 1. The van der Waals surface area contributed by atoms with Gasteiger partial charge in [-0.15, -0.1) is 0 Å². The van der Waals surface area contributed by atoms with Crippen LogP contribution in [0.1, 0.15) is 22.8 Å². The van der Waals surface area contributed by atoms with Gasteiger partial charge >= 0.3 is 5.97 Å². The molecule has 1 aromatic heterocycles. The Bertz CT molecular complexity index is 1060. The fraction of sp³-hybridized carbons (Fsp3) is 0.105. The van der Waals surface area contributed by atoms with Crippen molar-refractivity contribution in [2.24, 2.45) is 5.10 Å². The van der Waals surface area contributed by atoms with E-state index >= 15 is 0 Å². The van der Waals surface area contributed by atoms with E-state index in [1.807, 2.05) is 30.3 Å². The SMILES string of the molecule is CCn1cc(C(=O)O)c(=O)c2cc(F)c(N/N=C/c3ccccc3)cc21. The number of nitrogens with zero attached hydrogens (tertiary/aromatic N) is 2. The number of hydrazone groups is 1. The van der Waals surface area contributed by atoms with Crippen LogP contribution in [0.3, 0.4) is 0 Å². The maximum absolute atomic E-state index is 14.4. The second kappa shape index (κ2) is 7.18. The van der Waals surface area contributed by atoms with Crippen LogP contribution >= 0.6 is 0 Å². The summed E-state index contributed by atoms with van der Waals surface area (Å²) in [4.78, 5) is 23.5. The fourth-order valence-electron chi connectivity index (χ4n) is 2.63. The number of hydrogen-bond acceptors (Lipinski definition) is 4. The third kappa shape index (κ3) is 3.32. The highest BCUT2D eigenvalue weighted by atomic mass is 19.1. The van der Waals surface area contributed by atoms with Crippen LogP contribution < -0.4 is 10.9 Å². The highest BCUT2D eigenvalue weighted by Crippen LogP contribution is 2.22. The molecular formula is C19H16FN3O3. The van der Waals surface area contributed by atoms with Gasteiger partial charge in [-0.3, -0.25) is 10.2 Å². The monoisotopic (exact) mass is 353 g/mol. The number of carboxylic acid groups (broad SMARTS) is 1. The maximum atomic E-state index is 14.4. The van der Waals surface area contributed by atoms with Crippen LogP contribution in [0.4, 0.5) is 10.1 Å². The standard InChI is InChI=1S/C19H16FN3O3/c1-2-23-11-14(19(25)26)18(24)13-8-15(20)16(9-17(13)23)22-21-10-12-6-4-3-5-7-12/h3-11,22H,2H2,1H3,(H,25,26)/b21-10+. The summed E-state index contributed by atoms with van der Waals surface area (Å²) in [6.07, 6.45) is 2.81. The number of aromatic nitrogens is 1. The molecule has 1 heterocycles. The molecule has 132 valence electrons. The zero-order valence-electron chi connectivity index (χ0n) is 13.9. The van der Waals surface area contributed by atoms with E-state index in [1.54, 1.807) is 17.7 Å². The van der Waals surface area contributed by atoms with Gasteiger partial charge in [-0.25, -0.2) is 9.18 Å². The molecule has 0 radical (unpaired) electrons. The van der Waals surface area contributed by atoms with E-state index in [0.717, 1.165) is 11.6 Å². The molecule has 2 N–H and O–H groups in total. The summed E-state index contributed by atoms with van der Waals surface area (Å²) >= 11 is 0. The topological polar surface area (TPSA) is 83.7 Å². The number of nitrogens with one attached hydrogen (secondary N) is 1. The van der Waals surface area contributed by atoms with E-state index in [0.29, 0.717) is 12.1 Å². The molecule has 0 spiro atoms. The molecule has 0 bridgehead atoms. The molecule has 0 fully saturated rings. The van der Waals surface area contributed by atoms with Crippen molar-refractivity contribution < 1.29 is 14.3 Å². The van der Waals surface area contributed by atoms with Crippen molar-refractivity contribution in [1.29, 1.82) is 0 Å². The Morgan fingerprint density at radius 1 is 1.31 bits per heavy atom. The molecular weight excluding hydrogens is 337 g/mol. The van der Waals surface area contributed by atoms with Gasteiger partial charge in [0.15, 0.2) is 0 Å². The van der Waals surface area contributed by atoms with E-state index in [9.17, 15) is 14.0 Å². The smallest absolute Gasteiger partial charge is 0.341 e. The number of hydrogen-bond donors (Lipinski definition) is 2. The highest BCUT2D eigenvalue weighted by Gasteiger charge is 2.16. The van der Waals surface area contributed by atoms with Crippen LogP contribution in [0, 0.1) is 5.82 Å². The van der Waals surface area contributed by atoms with Gasteiger partial charge in [-0.05, 0) is 24.6 Å². The molecule has 7 heteroatoms. The van der Waals surface area contributed by atoms with Gasteiger partial charge in [0.05, 0.1) is 17.4 Å². The molecule has 0 saturated carbocycles. The van der Waals surface area contributed by atoms with E-state index in [1.165, 1.54) is 12.3 Å². The minimum atomic E-state index is -1.34. The van der Waals surface area contributed by atoms with Crippen LogP contribution in [-0.2, 0) is 6.54 Å². The Kier molecular flexibility index (Phi) is 4.79. The molecule has 0 aliphatic rings. The lowest BCUT2D eigenvalue weighted by molar-refractivity contribution is 0.0695. The van der Waals surface area contributed by atoms with Gasteiger partial charge in [0.25, 0.3) is 0 Å². The first kappa shape index (κ1) is 17.3. The first-order valence-corrected chi connectivity index (χ1v) is 7.95. The maximum Gasteiger partial charge on any atom is 0.341 e. The number of aromatic carboxylic acids is 1. The molecule has 0 saturated heterocycles. The number of benzene rings is 2. The summed E-state index contributed by atoms with van der Waals surface area (Å²) in [5.74, 6) is -2.03. The molecule has 0 aliphatic carbocycles. The molecule has 6 nitrogen and oxygen atoms in total. The lowest BCUT2D eigenvalue weighted by Crippen LogP contribution is -2.19.